The Morgan fingerprint density at radius 1 is 1.10 bits per heavy atom. The molecular weight excluding hydrogens is 347 g/mol. The van der Waals surface area contributed by atoms with Gasteiger partial charge in [0.05, 0.1) is 36.8 Å². The Bertz CT molecular complexity index is 422. The zero-order valence-electron chi connectivity index (χ0n) is 13.7. The molecule has 0 unspecified atom stereocenters. The summed E-state index contributed by atoms with van der Waals surface area (Å²) in [6, 6.07) is 8.00. The summed E-state index contributed by atoms with van der Waals surface area (Å²) >= 11 is 0. The predicted octanol–water partition coefficient (Wildman–Crippen LogP) is 1.83. The highest BCUT2D eigenvalue weighted by molar-refractivity contribution is 7.75. The van der Waals surface area contributed by atoms with Gasteiger partial charge in [0.2, 0.25) is 0 Å². The van der Waals surface area contributed by atoms with Gasteiger partial charge in [-0.25, -0.2) is 4.79 Å². The van der Waals surface area contributed by atoms with Crippen molar-refractivity contribution in [3.8, 4) is 0 Å². The average Bonchev–Trinajstić information content (AvgIpc) is 2.50. The molecule has 120 valence electrons. The van der Waals surface area contributed by atoms with E-state index in [9.17, 15) is 4.79 Å². The van der Waals surface area contributed by atoms with Gasteiger partial charge in [-0.1, -0.05) is 19.1 Å². The third-order valence-corrected chi connectivity index (χ3v) is 9.19. The summed E-state index contributed by atoms with van der Waals surface area (Å²) < 4.78 is 5.21. The third-order valence-electron chi connectivity index (χ3n) is 4.13. The normalized spacial score (nSPS) is 10.9. The Balaban J connectivity index is 0.00000400. The fourth-order valence-electron chi connectivity index (χ4n) is 2.47. The topological polar surface area (TPSA) is 26.3 Å². The smallest absolute Gasteiger partial charge is 0.338 e. The minimum Gasteiger partial charge on any atom is -1.00 e. The lowest BCUT2D eigenvalue weighted by atomic mass is 10.1. The number of carbonyl (C=O) groups excluding carboxylic acids is 1. The van der Waals surface area contributed by atoms with E-state index >= 15 is 0 Å². The SMILES string of the molecule is CCCOC(=O)c1cccc(C[P+](CC)(CC)CC)c1.[Br-]. The zero-order chi connectivity index (χ0) is 15.0. The van der Waals surface area contributed by atoms with Crippen LogP contribution in [0.15, 0.2) is 24.3 Å². The van der Waals surface area contributed by atoms with Crippen LogP contribution < -0.4 is 17.0 Å². The van der Waals surface area contributed by atoms with Gasteiger partial charge in [0.15, 0.2) is 0 Å². The minimum absolute atomic E-state index is 0. The molecule has 0 aliphatic heterocycles. The first-order valence-electron chi connectivity index (χ1n) is 7.72. The number of hydrogen-bond donors (Lipinski definition) is 0. The van der Waals surface area contributed by atoms with Crippen molar-refractivity contribution >= 4 is 13.2 Å². The van der Waals surface area contributed by atoms with E-state index in [4.69, 9.17) is 4.74 Å². The first-order valence-corrected chi connectivity index (χ1v) is 10.2. The standard InChI is InChI=1S/C17H28O2P.BrH/c1-5-12-19-17(18)16-11-9-10-15(13-16)14-20(6-2,7-3)8-4;/h9-11,13H,5-8,12,14H2,1-4H3;1H/q+1;/p-1. The highest BCUT2D eigenvalue weighted by Gasteiger charge is 2.31. The van der Waals surface area contributed by atoms with Crippen molar-refractivity contribution in [2.24, 2.45) is 0 Å². The van der Waals surface area contributed by atoms with Crippen molar-refractivity contribution in [2.45, 2.75) is 40.3 Å². The largest absolute Gasteiger partial charge is 1.00 e. The quantitative estimate of drug-likeness (QED) is 0.512. The number of carbonyl (C=O) groups is 1. The van der Waals surface area contributed by atoms with Crippen LogP contribution in [0.25, 0.3) is 0 Å². The number of esters is 1. The Labute approximate surface area is 140 Å². The molecule has 0 saturated heterocycles. The molecule has 0 amide bonds. The average molecular weight is 375 g/mol. The lowest BCUT2D eigenvalue weighted by Crippen LogP contribution is -3.00. The molecule has 1 aromatic rings. The van der Waals surface area contributed by atoms with Crippen molar-refractivity contribution in [1.29, 1.82) is 0 Å². The molecule has 0 aliphatic rings. The van der Waals surface area contributed by atoms with Crippen LogP contribution in [0.1, 0.15) is 50.0 Å². The van der Waals surface area contributed by atoms with Gasteiger partial charge < -0.3 is 21.7 Å². The molecule has 1 rings (SSSR count). The predicted molar refractivity (Wildman–Crippen MR) is 89.3 cm³/mol. The maximum atomic E-state index is 11.9. The van der Waals surface area contributed by atoms with Gasteiger partial charge in [0.25, 0.3) is 0 Å². The molecule has 0 atom stereocenters. The number of hydrogen-bond acceptors (Lipinski definition) is 2. The van der Waals surface area contributed by atoms with E-state index in [1.807, 2.05) is 25.1 Å². The molecule has 0 N–H and O–H groups in total. The second kappa shape index (κ2) is 10.3. The second-order valence-electron chi connectivity index (χ2n) is 5.28. The molecule has 0 aromatic heterocycles. The number of halogens is 1. The summed E-state index contributed by atoms with van der Waals surface area (Å²) in [5, 5.41) is 0. The molecule has 0 bridgehead atoms. The molecule has 1 aromatic carbocycles. The van der Waals surface area contributed by atoms with Gasteiger partial charge in [-0.3, -0.25) is 0 Å². The number of rotatable bonds is 8. The van der Waals surface area contributed by atoms with Crippen LogP contribution in [0.5, 0.6) is 0 Å². The highest BCUT2D eigenvalue weighted by atomic mass is 79.9. The molecule has 0 radical (unpaired) electrons. The molecule has 0 fully saturated rings. The fourth-order valence-corrected chi connectivity index (χ4v) is 5.45. The second-order valence-corrected chi connectivity index (χ2v) is 10.2. The van der Waals surface area contributed by atoms with Crippen molar-refractivity contribution in [3.05, 3.63) is 35.4 Å². The van der Waals surface area contributed by atoms with Crippen LogP contribution in [0.4, 0.5) is 0 Å². The van der Waals surface area contributed by atoms with Crippen LogP contribution >= 0.6 is 7.26 Å². The van der Waals surface area contributed by atoms with E-state index in [1.54, 1.807) is 0 Å². The van der Waals surface area contributed by atoms with Gasteiger partial charge in [0, 0.05) is 7.26 Å². The van der Waals surface area contributed by atoms with Gasteiger partial charge in [0.1, 0.15) is 0 Å². The van der Waals surface area contributed by atoms with E-state index in [0.29, 0.717) is 12.2 Å². The van der Waals surface area contributed by atoms with Crippen LogP contribution in [-0.2, 0) is 10.9 Å². The van der Waals surface area contributed by atoms with Crippen LogP contribution in [0.3, 0.4) is 0 Å². The van der Waals surface area contributed by atoms with E-state index in [0.717, 1.165) is 12.6 Å². The van der Waals surface area contributed by atoms with Gasteiger partial charge >= 0.3 is 5.97 Å². The molecule has 21 heavy (non-hydrogen) atoms. The maximum absolute atomic E-state index is 11.9. The van der Waals surface area contributed by atoms with Crippen molar-refractivity contribution in [1.82, 2.24) is 0 Å². The minimum atomic E-state index is -0.884. The van der Waals surface area contributed by atoms with Crippen LogP contribution in [0.2, 0.25) is 0 Å². The van der Waals surface area contributed by atoms with Gasteiger partial charge in [-0.05, 0) is 44.9 Å². The zero-order valence-corrected chi connectivity index (χ0v) is 16.2. The molecule has 4 heteroatoms. The van der Waals surface area contributed by atoms with Crippen LogP contribution in [0, 0.1) is 0 Å². The third kappa shape index (κ3) is 6.08. The lowest BCUT2D eigenvalue weighted by Gasteiger charge is -2.23. The Hall–Kier alpha value is -0.400. The Morgan fingerprint density at radius 2 is 1.71 bits per heavy atom. The number of ether oxygens (including phenoxy) is 1. The first kappa shape index (κ1) is 20.6. The van der Waals surface area contributed by atoms with Crippen molar-refractivity contribution in [3.63, 3.8) is 0 Å². The van der Waals surface area contributed by atoms with Gasteiger partial charge in [-0.2, -0.15) is 0 Å². The highest BCUT2D eigenvalue weighted by Crippen LogP contribution is 2.60. The van der Waals surface area contributed by atoms with E-state index in [-0.39, 0.29) is 23.0 Å². The van der Waals surface area contributed by atoms with Gasteiger partial charge in [-0.15, -0.1) is 0 Å². The maximum Gasteiger partial charge on any atom is 0.338 e. The molecule has 0 heterocycles. The Morgan fingerprint density at radius 3 is 2.24 bits per heavy atom. The molecule has 2 nitrogen and oxygen atoms in total. The van der Waals surface area contributed by atoms with Crippen molar-refractivity contribution < 1.29 is 26.5 Å². The fraction of sp³-hybridized carbons (Fsp3) is 0.588. The summed E-state index contributed by atoms with van der Waals surface area (Å²) in [4.78, 5) is 11.9. The summed E-state index contributed by atoms with van der Waals surface area (Å²) in [6.07, 6.45) is 5.85. The molecule has 0 spiro atoms. The Kier molecular flexibility index (Phi) is 10.1. The summed E-state index contributed by atoms with van der Waals surface area (Å²) in [5.74, 6) is -0.192. The van der Waals surface area contributed by atoms with E-state index in [2.05, 4.69) is 26.8 Å². The molecule has 0 aliphatic carbocycles. The van der Waals surface area contributed by atoms with Crippen molar-refractivity contribution in [2.75, 3.05) is 25.1 Å². The summed E-state index contributed by atoms with van der Waals surface area (Å²) in [6.45, 7) is 9.42. The number of benzene rings is 1. The molecule has 0 saturated carbocycles. The summed E-state index contributed by atoms with van der Waals surface area (Å²) in [5.41, 5.74) is 1.98. The monoisotopic (exact) mass is 374 g/mol. The van der Waals surface area contributed by atoms with E-state index < -0.39 is 7.26 Å². The first-order chi connectivity index (χ1) is 9.60. The molecular formula is C17H28BrO2P. The van der Waals surface area contributed by atoms with E-state index in [1.165, 1.54) is 24.0 Å². The lowest BCUT2D eigenvalue weighted by molar-refractivity contribution is -0.0000223. The van der Waals surface area contributed by atoms with Crippen LogP contribution in [-0.4, -0.2) is 31.1 Å². The summed E-state index contributed by atoms with van der Waals surface area (Å²) in [7, 11) is -0.884.